The van der Waals surface area contributed by atoms with E-state index in [-0.39, 0.29) is 5.56 Å². The van der Waals surface area contributed by atoms with Crippen LogP contribution in [0.2, 0.25) is 0 Å². The van der Waals surface area contributed by atoms with Crippen LogP contribution >= 0.6 is 15.9 Å². The average Bonchev–Trinajstić information content (AvgIpc) is 2.32. The Bertz CT molecular complexity index is 545. The highest BCUT2D eigenvalue weighted by molar-refractivity contribution is 9.10. The molecule has 0 radical (unpaired) electrons. The number of benzene rings is 2. The lowest BCUT2D eigenvalue weighted by atomic mass is 10.0. The molecule has 0 heterocycles. The summed E-state index contributed by atoms with van der Waals surface area (Å²) >= 11 is 3.09. The molecule has 0 fully saturated rings. The summed E-state index contributed by atoms with van der Waals surface area (Å²) in [6, 6.07) is 11.6. The molecular formula is C13H11BrFNO. The number of aliphatic hydroxyl groups is 1. The number of aliphatic hydroxyl groups excluding tert-OH is 1. The Labute approximate surface area is 107 Å². The van der Waals surface area contributed by atoms with Crippen LogP contribution in [0.4, 0.5) is 10.1 Å². The zero-order valence-corrected chi connectivity index (χ0v) is 10.5. The number of hydrogen-bond donors (Lipinski definition) is 2. The van der Waals surface area contributed by atoms with Crippen LogP contribution in [0.25, 0.3) is 0 Å². The lowest BCUT2D eigenvalue weighted by Crippen LogP contribution is -2.03. The summed E-state index contributed by atoms with van der Waals surface area (Å²) in [6.45, 7) is 0. The van der Waals surface area contributed by atoms with Gasteiger partial charge in [-0.25, -0.2) is 4.39 Å². The molecule has 2 aromatic rings. The van der Waals surface area contributed by atoms with Crippen molar-refractivity contribution >= 4 is 21.6 Å². The Balaban J connectivity index is 2.44. The van der Waals surface area contributed by atoms with Gasteiger partial charge in [0.2, 0.25) is 0 Å². The number of nitrogen functional groups attached to an aromatic ring is 1. The number of hydrogen-bond acceptors (Lipinski definition) is 2. The second kappa shape index (κ2) is 4.85. The van der Waals surface area contributed by atoms with Crippen molar-refractivity contribution in [3.05, 3.63) is 63.9 Å². The monoisotopic (exact) mass is 295 g/mol. The van der Waals surface area contributed by atoms with Crippen molar-refractivity contribution < 1.29 is 9.50 Å². The molecule has 0 spiro atoms. The van der Waals surface area contributed by atoms with Gasteiger partial charge in [-0.2, -0.15) is 0 Å². The van der Waals surface area contributed by atoms with Gasteiger partial charge in [0.05, 0.1) is 4.47 Å². The third-order valence-corrected chi connectivity index (χ3v) is 3.11. The highest BCUT2D eigenvalue weighted by Crippen LogP contribution is 2.28. The molecule has 0 aliphatic rings. The largest absolute Gasteiger partial charge is 0.399 e. The van der Waals surface area contributed by atoms with Crippen LogP contribution in [-0.2, 0) is 0 Å². The maximum absolute atomic E-state index is 13.8. The molecule has 0 saturated heterocycles. The fourth-order valence-corrected chi connectivity index (χ4v) is 2.02. The quantitative estimate of drug-likeness (QED) is 0.836. The first-order valence-corrected chi connectivity index (χ1v) is 5.86. The van der Waals surface area contributed by atoms with Crippen molar-refractivity contribution in [2.45, 2.75) is 6.10 Å². The molecular weight excluding hydrogens is 285 g/mol. The lowest BCUT2D eigenvalue weighted by molar-refractivity contribution is 0.215. The number of anilines is 1. The Morgan fingerprint density at radius 3 is 2.59 bits per heavy atom. The molecule has 2 aromatic carbocycles. The molecule has 88 valence electrons. The fourth-order valence-electron chi connectivity index (χ4n) is 1.64. The van der Waals surface area contributed by atoms with E-state index in [0.717, 1.165) is 0 Å². The highest BCUT2D eigenvalue weighted by atomic mass is 79.9. The summed E-state index contributed by atoms with van der Waals surface area (Å²) in [5.41, 5.74) is 6.97. The summed E-state index contributed by atoms with van der Waals surface area (Å²) in [6.07, 6.45) is -1.02. The Morgan fingerprint density at radius 1 is 1.18 bits per heavy atom. The maximum atomic E-state index is 13.8. The van der Waals surface area contributed by atoms with Gasteiger partial charge in [-0.3, -0.25) is 0 Å². The maximum Gasteiger partial charge on any atom is 0.143 e. The second-order valence-corrected chi connectivity index (χ2v) is 4.57. The van der Waals surface area contributed by atoms with Crippen LogP contribution < -0.4 is 5.73 Å². The van der Waals surface area contributed by atoms with E-state index in [1.165, 1.54) is 0 Å². The first-order chi connectivity index (χ1) is 8.09. The summed E-state index contributed by atoms with van der Waals surface area (Å²) in [5, 5.41) is 10.1. The first-order valence-electron chi connectivity index (χ1n) is 5.07. The molecule has 0 saturated carbocycles. The van der Waals surface area contributed by atoms with Gasteiger partial charge >= 0.3 is 0 Å². The Hall–Kier alpha value is -1.39. The van der Waals surface area contributed by atoms with E-state index in [2.05, 4.69) is 15.9 Å². The summed E-state index contributed by atoms with van der Waals surface area (Å²) in [5.74, 6) is -0.456. The van der Waals surface area contributed by atoms with Crippen LogP contribution in [0.1, 0.15) is 17.2 Å². The molecule has 0 amide bonds. The average molecular weight is 296 g/mol. The molecule has 4 heteroatoms. The van der Waals surface area contributed by atoms with Crippen LogP contribution in [0, 0.1) is 5.82 Å². The van der Waals surface area contributed by atoms with Gasteiger partial charge in [-0.1, -0.05) is 24.3 Å². The van der Waals surface area contributed by atoms with E-state index in [4.69, 9.17) is 5.73 Å². The zero-order valence-electron chi connectivity index (χ0n) is 8.90. The smallest absolute Gasteiger partial charge is 0.143 e. The van der Waals surface area contributed by atoms with E-state index >= 15 is 0 Å². The van der Waals surface area contributed by atoms with E-state index in [1.54, 1.807) is 42.5 Å². The molecule has 0 aliphatic carbocycles. The van der Waals surface area contributed by atoms with Crippen molar-refractivity contribution in [2.75, 3.05) is 5.73 Å². The van der Waals surface area contributed by atoms with E-state index < -0.39 is 11.9 Å². The predicted octanol–water partition coefficient (Wildman–Crippen LogP) is 3.25. The Kier molecular flexibility index (Phi) is 3.45. The molecule has 0 aliphatic heterocycles. The topological polar surface area (TPSA) is 46.2 Å². The first kappa shape index (κ1) is 12.1. The number of nitrogens with two attached hydrogens (primary N) is 1. The third-order valence-electron chi connectivity index (χ3n) is 2.50. The predicted molar refractivity (Wildman–Crippen MR) is 69.0 cm³/mol. The van der Waals surface area contributed by atoms with Crippen molar-refractivity contribution in [3.8, 4) is 0 Å². The zero-order chi connectivity index (χ0) is 12.4. The second-order valence-electron chi connectivity index (χ2n) is 3.72. The fraction of sp³-hybridized carbons (Fsp3) is 0.0769. The minimum Gasteiger partial charge on any atom is -0.399 e. The van der Waals surface area contributed by atoms with Gasteiger partial charge in [0.1, 0.15) is 11.9 Å². The van der Waals surface area contributed by atoms with E-state index in [1.807, 2.05) is 0 Å². The van der Waals surface area contributed by atoms with E-state index in [9.17, 15) is 9.50 Å². The van der Waals surface area contributed by atoms with Gasteiger partial charge in [0.25, 0.3) is 0 Å². The number of halogens is 2. The van der Waals surface area contributed by atoms with Crippen molar-refractivity contribution in [1.82, 2.24) is 0 Å². The highest BCUT2D eigenvalue weighted by Gasteiger charge is 2.16. The third kappa shape index (κ3) is 2.48. The van der Waals surface area contributed by atoms with Crippen LogP contribution in [0.15, 0.2) is 46.9 Å². The molecule has 0 aromatic heterocycles. The summed E-state index contributed by atoms with van der Waals surface area (Å²) in [4.78, 5) is 0. The van der Waals surface area contributed by atoms with Gasteiger partial charge in [0.15, 0.2) is 0 Å². The summed E-state index contributed by atoms with van der Waals surface area (Å²) < 4.78 is 14.1. The lowest BCUT2D eigenvalue weighted by Gasteiger charge is -2.13. The summed E-state index contributed by atoms with van der Waals surface area (Å²) in [7, 11) is 0. The molecule has 17 heavy (non-hydrogen) atoms. The standard InChI is InChI=1S/C13H11BrFNO/c14-11-6-2-5-10(12(11)15)13(17)8-3-1-4-9(16)7-8/h1-7,13,17H,16H2. The van der Waals surface area contributed by atoms with Gasteiger partial charge in [-0.15, -0.1) is 0 Å². The SMILES string of the molecule is Nc1cccc(C(O)c2cccc(Br)c2F)c1. The van der Waals surface area contributed by atoms with Crippen LogP contribution in [0.5, 0.6) is 0 Å². The number of rotatable bonds is 2. The van der Waals surface area contributed by atoms with E-state index in [0.29, 0.717) is 15.7 Å². The normalized spacial score (nSPS) is 12.4. The molecule has 2 nitrogen and oxygen atoms in total. The molecule has 1 atom stereocenters. The van der Waals surface area contributed by atoms with Crippen LogP contribution in [-0.4, -0.2) is 5.11 Å². The van der Waals surface area contributed by atoms with Gasteiger partial charge in [-0.05, 0) is 39.7 Å². The van der Waals surface area contributed by atoms with Gasteiger partial charge < -0.3 is 10.8 Å². The van der Waals surface area contributed by atoms with Crippen molar-refractivity contribution in [1.29, 1.82) is 0 Å². The molecule has 2 rings (SSSR count). The molecule has 3 N–H and O–H groups in total. The minimum atomic E-state index is -1.02. The molecule has 0 bridgehead atoms. The van der Waals surface area contributed by atoms with Crippen molar-refractivity contribution in [3.63, 3.8) is 0 Å². The van der Waals surface area contributed by atoms with Gasteiger partial charge in [0, 0.05) is 11.3 Å². The Morgan fingerprint density at radius 2 is 1.88 bits per heavy atom. The van der Waals surface area contributed by atoms with Crippen molar-refractivity contribution in [2.24, 2.45) is 0 Å². The van der Waals surface area contributed by atoms with Crippen LogP contribution in [0.3, 0.4) is 0 Å². The molecule has 1 unspecified atom stereocenters. The minimum absolute atomic E-state index is 0.227.